The maximum Gasteiger partial charge on any atom is 0.217 e. The van der Waals surface area contributed by atoms with Gasteiger partial charge in [0.2, 0.25) is 6.54 Å². The van der Waals surface area contributed by atoms with Crippen molar-refractivity contribution in [3.05, 3.63) is 81.5 Å². The number of nitrogens with one attached hydrogen (secondary N) is 1. The highest BCUT2D eigenvalue weighted by Gasteiger charge is 2.39. The van der Waals surface area contributed by atoms with Crippen molar-refractivity contribution < 1.29 is 4.92 Å². The summed E-state index contributed by atoms with van der Waals surface area (Å²) in [6.07, 6.45) is 2.60. The van der Waals surface area contributed by atoms with Crippen molar-refractivity contribution in [1.29, 1.82) is 0 Å². The van der Waals surface area contributed by atoms with Crippen LogP contribution in [0.4, 0.5) is 0 Å². The highest BCUT2D eigenvalue weighted by Crippen LogP contribution is 2.39. The van der Waals surface area contributed by atoms with Crippen molar-refractivity contribution in [3.63, 3.8) is 0 Å². The molecule has 3 rings (SSSR count). The van der Waals surface area contributed by atoms with E-state index < -0.39 is 5.41 Å². The number of nitro groups is 1. The van der Waals surface area contributed by atoms with Gasteiger partial charge in [-0.3, -0.25) is 10.1 Å². The zero-order valence-electron chi connectivity index (χ0n) is 13.4. The van der Waals surface area contributed by atoms with Crippen LogP contribution in [-0.4, -0.2) is 16.5 Å². The van der Waals surface area contributed by atoms with E-state index in [9.17, 15) is 10.1 Å². The molecule has 3 aromatic rings. The second kappa shape index (κ2) is 5.88. The standard InChI is InChI=1S/C19H20N2O2/c1-3-19(13-21(22)23,15-7-5-4-6-8-15)17-12-20-18-10-9-14(2)11-16(17)18/h4-12,20H,3,13H2,1-2H3/t19-/m1/s1. The van der Waals surface area contributed by atoms with E-state index in [1.807, 2.05) is 62.5 Å². The van der Waals surface area contributed by atoms with Crippen molar-refractivity contribution >= 4 is 10.9 Å². The molecule has 2 aromatic carbocycles. The Balaban J connectivity index is 2.29. The first kappa shape index (κ1) is 15.3. The lowest BCUT2D eigenvalue weighted by Gasteiger charge is -2.29. The highest BCUT2D eigenvalue weighted by molar-refractivity contribution is 5.85. The molecule has 0 aliphatic rings. The molecule has 0 saturated heterocycles. The Morgan fingerprint density at radius 1 is 1.17 bits per heavy atom. The Morgan fingerprint density at radius 3 is 2.57 bits per heavy atom. The number of aromatic amines is 1. The first-order chi connectivity index (χ1) is 11.1. The molecule has 4 nitrogen and oxygen atoms in total. The van der Waals surface area contributed by atoms with Gasteiger partial charge in [-0.15, -0.1) is 0 Å². The van der Waals surface area contributed by atoms with Crippen LogP contribution in [-0.2, 0) is 5.41 Å². The van der Waals surface area contributed by atoms with Gasteiger partial charge in [0.15, 0.2) is 0 Å². The molecule has 0 aliphatic heterocycles. The molecule has 0 spiro atoms. The Hall–Kier alpha value is -2.62. The Morgan fingerprint density at radius 2 is 1.91 bits per heavy atom. The molecule has 0 radical (unpaired) electrons. The van der Waals surface area contributed by atoms with Gasteiger partial charge < -0.3 is 4.98 Å². The summed E-state index contributed by atoms with van der Waals surface area (Å²) in [4.78, 5) is 14.5. The second-order valence-electron chi connectivity index (χ2n) is 6.04. The molecule has 0 amide bonds. The summed E-state index contributed by atoms with van der Waals surface area (Å²) >= 11 is 0. The fourth-order valence-corrected chi connectivity index (χ4v) is 3.45. The van der Waals surface area contributed by atoms with Crippen molar-refractivity contribution in [2.45, 2.75) is 25.7 Å². The van der Waals surface area contributed by atoms with Crippen LogP contribution in [0.25, 0.3) is 10.9 Å². The van der Waals surface area contributed by atoms with Crippen LogP contribution < -0.4 is 0 Å². The van der Waals surface area contributed by atoms with Gasteiger partial charge in [0.1, 0.15) is 0 Å². The van der Waals surface area contributed by atoms with E-state index in [4.69, 9.17) is 0 Å². The lowest BCUT2D eigenvalue weighted by atomic mass is 9.72. The van der Waals surface area contributed by atoms with Crippen LogP contribution in [0.3, 0.4) is 0 Å². The third-order valence-electron chi connectivity index (χ3n) is 4.68. The van der Waals surface area contributed by atoms with Gasteiger partial charge >= 0.3 is 0 Å². The first-order valence-electron chi connectivity index (χ1n) is 7.82. The molecule has 0 bridgehead atoms. The van der Waals surface area contributed by atoms with Crippen LogP contribution in [0.15, 0.2) is 54.7 Å². The van der Waals surface area contributed by atoms with Gasteiger partial charge in [-0.25, -0.2) is 0 Å². The normalized spacial score (nSPS) is 13.8. The van der Waals surface area contributed by atoms with Gasteiger partial charge in [-0.1, -0.05) is 48.9 Å². The molecule has 1 heterocycles. The Labute approximate surface area is 135 Å². The number of fused-ring (bicyclic) bond motifs is 1. The summed E-state index contributed by atoms with van der Waals surface area (Å²) in [5, 5.41) is 12.5. The minimum Gasteiger partial charge on any atom is -0.361 e. The van der Waals surface area contributed by atoms with Crippen LogP contribution in [0.2, 0.25) is 0 Å². The number of aryl methyl sites for hydroxylation is 1. The van der Waals surface area contributed by atoms with Crippen molar-refractivity contribution in [2.24, 2.45) is 0 Å². The van der Waals surface area contributed by atoms with Gasteiger partial charge in [0, 0.05) is 22.0 Å². The van der Waals surface area contributed by atoms with E-state index >= 15 is 0 Å². The van der Waals surface area contributed by atoms with Crippen LogP contribution >= 0.6 is 0 Å². The Bertz CT molecular complexity index is 839. The van der Waals surface area contributed by atoms with E-state index in [2.05, 4.69) is 11.1 Å². The van der Waals surface area contributed by atoms with Crippen molar-refractivity contribution in [1.82, 2.24) is 4.98 Å². The summed E-state index contributed by atoms with van der Waals surface area (Å²) in [5.74, 6) is 0. The molecule has 1 N–H and O–H groups in total. The fraction of sp³-hybridized carbons (Fsp3) is 0.263. The molecule has 0 saturated carbocycles. The number of benzene rings is 2. The summed E-state index contributed by atoms with van der Waals surface area (Å²) in [7, 11) is 0. The van der Waals surface area contributed by atoms with Gasteiger partial charge in [0.25, 0.3) is 0 Å². The topological polar surface area (TPSA) is 58.9 Å². The van der Waals surface area contributed by atoms with Crippen LogP contribution in [0.1, 0.15) is 30.0 Å². The summed E-state index contributed by atoms with van der Waals surface area (Å²) in [6, 6.07) is 16.0. The quantitative estimate of drug-likeness (QED) is 0.559. The van der Waals surface area contributed by atoms with E-state index in [1.165, 1.54) is 0 Å². The fourth-order valence-electron chi connectivity index (χ4n) is 3.45. The highest BCUT2D eigenvalue weighted by atomic mass is 16.6. The van der Waals surface area contributed by atoms with E-state index in [-0.39, 0.29) is 11.5 Å². The minimum absolute atomic E-state index is 0.117. The van der Waals surface area contributed by atoms with Crippen LogP contribution in [0, 0.1) is 17.0 Å². The largest absolute Gasteiger partial charge is 0.361 e. The van der Waals surface area contributed by atoms with Gasteiger partial charge in [-0.2, -0.15) is 0 Å². The smallest absolute Gasteiger partial charge is 0.217 e. The van der Waals surface area contributed by atoms with E-state index in [1.54, 1.807) is 0 Å². The number of hydrogen-bond donors (Lipinski definition) is 1. The zero-order valence-corrected chi connectivity index (χ0v) is 13.4. The number of nitrogens with zero attached hydrogens (tertiary/aromatic N) is 1. The molecule has 23 heavy (non-hydrogen) atoms. The van der Waals surface area contributed by atoms with Crippen molar-refractivity contribution in [3.8, 4) is 0 Å². The lowest BCUT2D eigenvalue weighted by molar-refractivity contribution is -0.489. The number of hydrogen-bond acceptors (Lipinski definition) is 2. The zero-order chi connectivity index (χ0) is 16.4. The molecule has 4 heteroatoms. The average Bonchev–Trinajstić information content (AvgIpc) is 2.96. The van der Waals surface area contributed by atoms with Crippen LogP contribution in [0.5, 0.6) is 0 Å². The molecule has 1 atom stereocenters. The predicted octanol–water partition coefficient (Wildman–Crippen LogP) is 4.45. The monoisotopic (exact) mass is 308 g/mol. The summed E-state index contributed by atoms with van der Waals surface area (Å²) in [5.41, 5.74) is 3.53. The lowest BCUT2D eigenvalue weighted by Crippen LogP contribution is -2.35. The SMILES string of the molecule is CC[C@@](C[N+](=O)[O-])(c1ccccc1)c1c[nH]c2ccc(C)cc12. The predicted molar refractivity (Wildman–Crippen MR) is 92.4 cm³/mol. The third-order valence-corrected chi connectivity index (χ3v) is 4.68. The maximum absolute atomic E-state index is 11.4. The van der Waals surface area contributed by atoms with Crippen molar-refractivity contribution in [2.75, 3.05) is 6.54 Å². The number of aromatic nitrogens is 1. The first-order valence-corrected chi connectivity index (χ1v) is 7.82. The van der Waals surface area contributed by atoms with E-state index in [0.717, 1.165) is 27.6 Å². The van der Waals surface area contributed by atoms with Gasteiger partial charge in [-0.05, 0) is 36.6 Å². The molecule has 0 aliphatic carbocycles. The minimum atomic E-state index is -0.628. The number of H-pyrrole nitrogens is 1. The maximum atomic E-state index is 11.4. The summed E-state index contributed by atoms with van der Waals surface area (Å²) in [6.45, 7) is 3.94. The molecule has 1 aromatic heterocycles. The van der Waals surface area contributed by atoms with E-state index in [0.29, 0.717) is 6.42 Å². The molecule has 0 unspecified atom stereocenters. The average molecular weight is 308 g/mol. The molecule has 0 fully saturated rings. The second-order valence-corrected chi connectivity index (χ2v) is 6.04. The molecular weight excluding hydrogens is 288 g/mol. The summed E-state index contributed by atoms with van der Waals surface area (Å²) < 4.78 is 0. The molecular formula is C19H20N2O2. The third kappa shape index (κ3) is 2.61. The molecule has 118 valence electrons. The Kier molecular flexibility index (Phi) is 3.90. The number of rotatable bonds is 5. The van der Waals surface area contributed by atoms with Gasteiger partial charge in [0.05, 0.1) is 5.41 Å².